The van der Waals surface area contributed by atoms with Crippen LogP contribution in [0.1, 0.15) is 86.1 Å². The molecule has 464 valence electrons. The van der Waals surface area contributed by atoms with Crippen LogP contribution >= 0.6 is 57.3 Å². The fourth-order valence-corrected chi connectivity index (χ4v) is 22.4. The van der Waals surface area contributed by atoms with Crippen molar-refractivity contribution in [2.45, 2.75) is 90.9 Å². The topological polar surface area (TPSA) is 223 Å². The van der Waals surface area contributed by atoms with Gasteiger partial charge in [-0.1, -0.05) is 180 Å². The molecule has 0 amide bonds. The van der Waals surface area contributed by atoms with Gasteiger partial charge in [0.25, 0.3) is 17.5 Å². The van der Waals surface area contributed by atoms with Crippen molar-refractivity contribution in [1.29, 1.82) is 0 Å². The van der Waals surface area contributed by atoms with Crippen molar-refractivity contribution in [2.24, 2.45) is 0 Å². The Hall–Kier alpha value is -3.25. The maximum Gasteiger partial charge on any atom is 1.00 e. The molecule has 0 aromatic heterocycles. The minimum absolute atomic E-state index is 0. The first-order chi connectivity index (χ1) is 40.2. The Kier molecular flexibility index (Phi) is 37.8. The zero-order valence-electron chi connectivity index (χ0n) is 50.9. The third-order valence-electron chi connectivity index (χ3n) is 12.3. The standard InChI is InChI=1S/C21H30O4P2.C18H23O5PS.C13H14O4P2.C10H14O2P.ClH.Na.H/c1-3-5-17-24-26(22,20-13-9-7-10-14-20)19-27(23,25-18-6-4-2)21-15-11-8-12-16-21;1-3-4-14-22-24(19,17-8-6-5-7-9-17)15-23-25(20,21)18-12-10-16(2)11-13-18;14-18(15,12-7-3-1-4-8-12)11-19(16,17)13-9-5-2-6-10-13;1-2-3-9-12-13(11)10-7-5-4-6-8-10;;;/h7-16H,3-6,17-19H2,1-2H3;5-13H,3-4,14-15H2,1-2H3;1-10H,11H2,(H,14,15)(H,16,17);4-8H,2-3,9H2,1H3;1H;;/q;;;+1;;+1;-1. The minimum Gasteiger partial charge on any atom is -1.00 e. The molecule has 7 rings (SSSR count). The van der Waals surface area contributed by atoms with Crippen LogP contribution < -0.4 is 61.4 Å². The maximum atomic E-state index is 13.8. The van der Waals surface area contributed by atoms with Gasteiger partial charge in [0.05, 0.1) is 24.7 Å². The average Bonchev–Trinajstić information content (AvgIpc) is 2.75. The molecule has 0 bridgehead atoms. The van der Waals surface area contributed by atoms with Crippen molar-refractivity contribution < 1.29 is 98.9 Å². The predicted octanol–water partition coefficient (Wildman–Crippen LogP) is 12.4. The third-order valence-corrected chi connectivity index (χ3v) is 28.6. The first-order valence-electron chi connectivity index (χ1n) is 27.9. The summed E-state index contributed by atoms with van der Waals surface area (Å²) in [6.45, 7) is 11.7. The fraction of sp³-hybridized carbons (Fsp3) is 0.323. The molecule has 0 spiro atoms. The van der Waals surface area contributed by atoms with Gasteiger partial charge < -0.3 is 24.8 Å². The molecule has 0 saturated carbocycles. The molecule has 0 aliphatic carbocycles. The van der Waals surface area contributed by atoms with Crippen LogP contribution in [0.5, 0.6) is 0 Å². The van der Waals surface area contributed by atoms with Crippen molar-refractivity contribution in [1.82, 2.24) is 0 Å². The van der Waals surface area contributed by atoms with Crippen LogP contribution in [0, 0.1) is 6.92 Å². The van der Waals surface area contributed by atoms with Crippen LogP contribution in [0.15, 0.2) is 211 Å². The van der Waals surface area contributed by atoms with E-state index in [0.29, 0.717) is 35.7 Å². The van der Waals surface area contributed by atoms with Gasteiger partial charge in [0, 0.05) is 26.5 Å². The summed E-state index contributed by atoms with van der Waals surface area (Å²) in [6, 6.07) is 58.3. The summed E-state index contributed by atoms with van der Waals surface area (Å²) < 4.78 is 129. The van der Waals surface area contributed by atoms with Crippen molar-refractivity contribution in [3.8, 4) is 0 Å². The normalized spacial score (nSPS) is 14.6. The Balaban J connectivity index is 0.000000590. The quantitative estimate of drug-likeness (QED) is 0.0185. The van der Waals surface area contributed by atoms with E-state index in [1.165, 1.54) is 36.4 Å². The molecule has 0 radical (unpaired) electrons. The molecule has 7 aromatic rings. The third kappa shape index (κ3) is 27.5. The molecule has 0 heterocycles. The van der Waals surface area contributed by atoms with Gasteiger partial charge in [-0.15, -0.1) is 16.9 Å². The number of benzene rings is 7. The molecule has 6 unspecified atom stereocenters. The summed E-state index contributed by atoms with van der Waals surface area (Å²) in [5.41, 5.74) is 0.941. The van der Waals surface area contributed by atoms with Gasteiger partial charge >= 0.3 is 37.6 Å². The van der Waals surface area contributed by atoms with E-state index in [1.807, 2.05) is 80.6 Å². The molecule has 15 nitrogen and oxygen atoms in total. The van der Waals surface area contributed by atoms with Crippen LogP contribution in [-0.2, 0) is 59.8 Å². The van der Waals surface area contributed by atoms with Crippen molar-refractivity contribution in [3.63, 3.8) is 0 Å². The van der Waals surface area contributed by atoms with Gasteiger partial charge in [-0.25, -0.2) is 0 Å². The molecular weight excluding hydrogens is 1260 g/mol. The van der Waals surface area contributed by atoms with Crippen LogP contribution in [0.25, 0.3) is 0 Å². The van der Waals surface area contributed by atoms with E-state index in [2.05, 4.69) is 20.8 Å². The Bertz CT molecular complexity index is 3250. The smallest absolute Gasteiger partial charge is 1.00 e. The minimum atomic E-state index is -4.00. The van der Waals surface area contributed by atoms with Crippen molar-refractivity contribution >= 4 is 99.2 Å². The predicted molar refractivity (Wildman–Crippen MR) is 352 cm³/mol. The van der Waals surface area contributed by atoms with Gasteiger partial charge in [0.1, 0.15) is 24.8 Å². The number of hydrogen-bond donors (Lipinski definition) is 2. The van der Waals surface area contributed by atoms with Gasteiger partial charge in [0.15, 0.2) is 0 Å². The molecule has 86 heavy (non-hydrogen) atoms. The number of unbranched alkanes of at least 4 members (excludes halogenated alkanes) is 4. The number of hydrogen-bond acceptors (Lipinski definition) is 13. The molecular formula is C62H83ClNaO15P6S+. The van der Waals surface area contributed by atoms with Gasteiger partial charge in [-0.3, -0.25) is 27.0 Å². The maximum absolute atomic E-state index is 13.8. The number of aryl methyl sites for hydroxylation is 1. The van der Waals surface area contributed by atoms with E-state index in [-0.39, 0.29) is 71.4 Å². The zero-order chi connectivity index (χ0) is 61.4. The van der Waals surface area contributed by atoms with E-state index < -0.39 is 67.2 Å². The van der Waals surface area contributed by atoms with E-state index >= 15 is 0 Å². The summed E-state index contributed by atoms with van der Waals surface area (Å²) in [5, 5.41) is 2.80. The van der Waals surface area contributed by atoms with Crippen LogP contribution in [0.3, 0.4) is 0 Å². The molecule has 0 aliphatic heterocycles. The summed E-state index contributed by atoms with van der Waals surface area (Å²) in [5.74, 6) is -0.754. The number of rotatable bonds is 30. The molecule has 6 atom stereocenters. The van der Waals surface area contributed by atoms with Gasteiger partial charge in [0.2, 0.25) is 34.8 Å². The van der Waals surface area contributed by atoms with Gasteiger partial charge in [-0.2, -0.15) is 8.42 Å². The molecule has 0 fully saturated rings. The number of halogens is 1. The first kappa shape index (κ1) is 78.8. The van der Waals surface area contributed by atoms with Crippen molar-refractivity contribution in [3.05, 3.63) is 212 Å². The monoisotopic (exact) mass is 1340 g/mol. The summed E-state index contributed by atoms with van der Waals surface area (Å²) in [7, 11) is -23.4. The second-order valence-corrected chi connectivity index (χ2v) is 34.9. The summed E-state index contributed by atoms with van der Waals surface area (Å²) in [6.07, 6.45) is 6.64. The average molecular weight is 1340 g/mol. The Morgan fingerprint density at radius 1 is 0.430 bits per heavy atom. The molecule has 24 heteroatoms. The second kappa shape index (κ2) is 41.2. The molecule has 2 N–H and O–H groups in total. The van der Waals surface area contributed by atoms with Crippen LogP contribution in [-0.4, -0.2) is 62.8 Å². The largest absolute Gasteiger partial charge is 1.00 e. The molecule has 0 saturated heterocycles. The van der Waals surface area contributed by atoms with E-state index in [1.54, 1.807) is 103 Å². The summed E-state index contributed by atoms with van der Waals surface area (Å²) >= 11 is 0. The Morgan fingerprint density at radius 2 is 0.733 bits per heavy atom. The summed E-state index contributed by atoms with van der Waals surface area (Å²) in [4.78, 5) is 20.0. The Morgan fingerprint density at radius 3 is 1.08 bits per heavy atom. The van der Waals surface area contributed by atoms with Crippen molar-refractivity contribution in [2.75, 3.05) is 44.6 Å². The van der Waals surface area contributed by atoms with Crippen LogP contribution in [0.2, 0.25) is 0 Å². The van der Waals surface area contributed by atoms with E-state index in [0.717, 1.165) is 62.2 Å². The molecule has 0 aliphatic rings. The van der Waals surface area contributed by atoms with E-state index in [4.69, 9.17) is 22.3 Å². The second-order valence-electron chi connectivity index (χ2n) is 19.2. The first-order valence-corrected chi connectivity index (χ1v) is 39.6. The molecule has 7 aromatic carbocycles. The van der Waals surface area contributed by atoms with Crippen LogP contribution in [0.4, 0.5) is 0 Å². The fourth-order valence-electron chi connectivity index (χ4n) is 7.43. The zero-order valence-corrected chi connectivity index (χ0v) is 58.9. The van der Waals surface area contributed by atoms with Gasteiger partial charge in [-0.05, 0) is 122 Å². The Labute approximate surface area is 541 Å². The van der Waals surface area contributed by atoms with E-state index in [9.17, 15) is 45.6 Å². The SMILES string of the molecule is CCCCOP(=O)(COS(=O)(=O)c1ccc(C)cc1)c1ccccc1.CCCCOP(=O)(CP(=O)(OCCCC)c1ccccc1)c1ccccc1.CCCCO[P+](=O)c1ccccc1.Cl.O=P(O)(CP(=O)(O)c1ccccc1)c1ccccc1.[H-].[Na+].